The van der Waals surface area contributed by atoms with E-state index in [1.165, 1.54) is 27.7 Å². The molecule has 0 fully saturated rings. The molecule has 0 aliphatic carbocycles. The van der Waals surface area contributed by atoms with Gasteiger partial charge in [-0.2, -0.15) is 0 Å². The van der Waals surface area contributed by atoms with E-state index in [2.05, 4.69) is 74.3 Å². The van der Waals surface area contributed by atoms with Crippen LogP contribution in [0.25, 0.3) is 10.9 Å². The molecule has 2 aromatic carbocycles. The van der Waals surface area contributed by atoms with E-state index < -0.39 is 0 Å². The summed E-state index contributed by atoms with van der Waals surface area (Å²) in [5, 5.41) is 1.40. The van der Waals surface area contributed by atoms with Gasteiger partial charge in [0.2, 0.25) is 0 Å². The molecule has 3 aromatic rings. The van der Waals surface area contributed by atoms with Gasteiger partial charge in [0, 0.05) is 40.7 Å². The molecule has 0 radical (unpaired) electrons. The van der Waals surface area contributed by atoms with E-state index in [1.807, 2.05) is 0 Å². The van der Waals surface area contributed by atoms with Crippen molar-refractivity contribution in [2.24, 2.45) is 0 Å². The van der Waals surface area contributed by atoms with E-state index in [1.54, 1.807) is 0 Å². The Morgan fingerprint density at radius 3 is 2.90 bits per heavy atom. The van der Waals surface area contributed by atoms with Gasteiger partial charge >= 0.3 is 0 Å². The monoisotopic (exact) mass is 340 g/mol. The first kappa shape index (κ1) is 13.1. The number of H-pyrrole nitrogens is 1. The molecule has 0 atom stereocenters. The lowest BCUT2D eigenvalue weighted by molar-refractivity contribution is 0.243. The second-order valence-electron chi connectivity index (χ2n) is 5.72. The molecule has 2 nitrogen and oxygen atoms in total. The van der Waals surface area contributed by atoms with Crippen molar-refractivity contribution in [3.8, 4) is 0 Å². The van der Waals surface area contributed by atoms with Crippen LogP contribution >= 0.6 is 15.9 Å². The number of aromatic amines is 1. The molecule has 2 heterocycles. The largest absolute Gasteiger partial charge is 0.357 e. The molecule has 21 heavy (non-hydrogen) atoms. The SMILES string of the molecule is Brc1cccc(CN2CCc3c([nH]c4ccccc34)C2)c1. The van der Waals surface area contributed by atoms with Gasteiger partial charge in [0.05, 0.1) is 0 Å². The summed E-state index contributed by atoms with van der Waals surface area (Å²) in [6, 6.07) is 17.2. The molecule has 1 aliphatic rings. The standard InChI is InChI=1S/C18H17BrN2/c19-14-5-3-4-13(10-14)11-21-9-8-16-15-6-1-2-7-17(15)20-18(16)12-21/h1-7,10,20H,8-9,11-12H2. The summed E-state index contributed by atoms with van der Waals surface area (Å²) >= 11 is 3.55. The molecule has 0 saturated carbocycles. The van der Waals surface area contributed by atoms with Gasteiger partial charge in [-0.15, -0.1) is 0 Å². The Hall–Kier alpha value is -1.58. The van der Waals surface area contributed by atoms with Gasteiger partial charge in [-0.25, -0.2) is 0 Å². The molecule has 0 amide bonds. The zero-order valence-electron chi connectivity index (χ0n) is 11.8. The van der Waals surface area contributed by atoms with Gasteiger partial charge < -0.3 is 4.98 Å². The van der Waals surface area contributed by atoms with Crippen molar-refractivity contribution in [2.75, 3.05) is 6.54 Å². The van der Waals surface area contributed by atoms with Gasteiger partial charge in [0.1, 0.15) is 0 Å². The van der Waals surface area contributed by atoms with Crippen LogP contribution in [0, 0.1) is 0 Å². The summed E-state index contributed by atoms with van der Waals surface area (Å²) < 4.78 is 1.16. The van der Waals surface area contributed by atoms with Crippen LogP contribution in [0.5, 0.6) is 0 Å². The Morgan fingerprint density at radius 2 is 2.00 bits per heavy atom. The van der Waals surface area contributed by atoms with Crippen LogP contribution in [0.2, 0.25) is 0 Å². The fourth-order valence-electron chi connectivity index (χ4n) is 3.28. The van der Waals surface area contributed by atoms with Crippen molar-refractivity contribution in [1.29, 1.82) is 0 Å². The molecule has 106 valence electrons. The number of halogens is 1. The quantitative estimate of drug-likeness (QED) is 0.728. The second-order valence-corrected chi connectivity index (χ2v) is 6.63. The highest BCUT2D eigenvalue weighted by molar-refractivity contribution is 9.10. The first-order valence-corrected chi connectivity index (χ1v) is 8.14. The zero-order chi connectivity index (χ0) is 14.2. The number of nitrogens with zero attached hydrogens (tertiary/aromatic N) is 1. The second kappa shape index (κ2) is 5.32. The Labute approximate surface area is 132 Å². The summed E-state index contributed by atoms with van der Waals surface area (Å²) in [6.45, 7) is 3.14. The minimum Gasteiger partial charge on any atom is -0.357 e. The molecule has 0 unspecified atom stereocenters. The minimum absolute atomic E-state index is 1.01. The van der Waals surface area contributed by atoms with Crippen molar-refractivity contribution < 1.29 is 0 Å². The average Bonchev–Trinajstić information content (AvgIpc) is 2.85. The van der Waals surface area contributed by atoms with Crippen LogP contribution in [0.4, 0.5) is 0 Å². The Balaban J connectivity index is 1.59. The predicted molar refractivity (Wildman–Crippen MR) is 90.3 cm³/mol. The Kier molecular flexibility index (Phi) is 3.32. The summed E-state index contributed by atoms with van der Waals surface area (Å²) in [6.07, 6.45) is 1.13. The first-order chi connectivity index (χ1) is 10.3. The van der Waals surface area contributed by atoms with Gasteiger partial charge in [-0.3, -0.25) is 4.90 Å². The molecular weight excluding hydrogens is 324 g/mol. The van der Waals surface area contributed by atoms with Crippen molar-refractivity contribution in [2.45, 2.75) is 19.5 Å². The topological polar surface area (TPSA) is 19.0 Å². The van der Waals surface area contributed by atoms with Crippen molar-refractivity contribution in [3.63, 3.8) is 0 Å². The lowest BCUT2D eigenvalue weighted by atomic mass is 10.0. The Morgan fingerprint density at radius 1 is 1.10 bits per heavy atom. The molecule has 1 aromatic heterocycles. The average molecular weight is 341 g/mol. The smallest absolute Gasteiger partial charge is 0.0459 e. The lowest BCUT2D eigenvalue weighted by Crippen LogP contribution is -2.29. The third kappa shape index (κ3) is 2.52. The van der Waals surface area contributed by atoms with Crippen molar-refractivity contribution in [1.82, 2.24) is 9.88 Å². The third-order valence-electron chi connectivity index (χ3n) is 4.26. The predicted octanol–water partition coefficient (Wildman–Crippen LogP) is 4.49. The molecular formula is C18H17BrN2. The highest BCUT2D eigenvalue weighted by atomic mass is 79.9. The summed E-state index contributed by atoms with van der Waals surface area (Å²) in [4.78, 5) is 6.11. The van der Waals surface area contributed by atoms with E-state index in [0.717, 1.165) is 30.5 Å². The van der Waals surface area contributed by atoms with Gasteiger partial charge in [0.25, 0.3) is 0 Å². The van der Waals surface area contributed by atoms with Crippen LogP contribution in [-0.4, -0.2) is 16.4 Å². The van der Waals surface area contributed by atoms with Crippen LogP contribution < -0.4 is 0 Å². The normalized spacial score (nSPS) is 15.3. The summed E-state index contributed by atoms with van der Waals surface area (Å²) in [5.41, 5.74) is 5.53. The first-order valence-electron chi connectivity index (χ1n) is 7.35. The maximum Gasteiger partial charge on any atom is 0.0459 e. The fourth-order valence-corrected chi connectivity index (χ4v) is 3.72. The number of hydrogen-bond acceptors (Lipinski definition) is 1. The number of fused-ring (bicyclic) bond motifs is 3. The van der Waals surface area contributed by atoms with Crippen LogP contribution in [0.1, 0.15) is 16.8 Å². The van der Waals surface area contributed by atoms with E-state index >= 15 is 0 Å². The van der Waals surface area contributed by atoms with Gasteiger partial charge in [0.15, 0.2) is 0 Å². The van der Waals surface area contributed by atoms with E-state index in [4.69, 9.17) is 0 Å². The van der Waals surface area contributed by atoms with E-state index in [0.29, 0.717) is 0 Å². The number of hydrogen-bond donors (Lipinski definition) is 1. The lowest BCUT2D eigenvalue weighted by Gasteiger charge is -2.27. The molecule has 1 N–H and O–H groups in total. The Bertz CT molecular complexity index is 791. The number of para-hydroxylation sites is 1. The van der Waals surface area contributed by atoms with E-state index in [-0.39, 0.29) is 0 Å². The molecule has 3 heteroatoms. The van der Waals surface area contributed by atoms with Crippen LogP contribution in [0.15, 0.2) is 53.0 Å². The zero-order valence-corrected chi connectivity index (χ0v) is 13.4. The van der Waals surface area contributed by atoms with Gasteiger partial charge in [-0.05, 0) is 35.7 Å². The number of benzene rings is 2. The van der Waals surface area contributed by atoms with Crippen LogP contribution in [-0.2, 0) is 19.5 Å². The maximum atomic E-state index is 3.59. The summed E-state index contributed by atoms with van der Waals surface area (Å²) in [7, 11) is 0. The van der Waals surface area contributed by atoms with Crippen LogP contribution in [0.3, 0.4) is 0 Å². The minimum atomic E-state index is 1.01. The number of rotatable bonds is 2. The van der Waals surface area contributed by atoms with Crippen molar-refractivity contribution >= 4 is 26.8 Å². The summed E-state index contributed by atoms with van der Waals surface area (Å²) in [5.74, 6) is 0. The van der Waals surface area contributed by atoms with Crippen molar-refractivity contribution in [3.05, 3.63) is 69.8 Å². The molecule has 0 spiro atoms. The maximum absolute atomic E-state index is 3.59. The molecule has 4 rings (SSSR count). The number of nitrogens with one attached hydrogen (secondary N) is 1. The fraction of sp³-hybridized carbons (Fsp3) is 0.222. The number of aromatic nitrogens is 1. The third-order valence-corrected chi connectivity index (χ3v) is 4.75. The molecule has 1 aliphatic heterocycles. The molecule has 0 bridgehead atoms. The highest BCUT2D eigenvalue weighted by Gasteiger charge is 2.20. The van der Waals surface area contributed by atoms with E-state index in [9.17, 15) is 0 Å². The van der Waals surface area contributed by atoms with Gasteiger partial charge in [-0.1, -0.05) is 46.3 Å². The highest BCUT2D eigenvalue weighted by Crippen LogP contribution is 2.28. The molecule has 0 saturated heterocycles.